The van der Waals surface area contributed by atoms with Crippen molar-refractivity contribution < 1.29 is 4.74 Å². The van der Waals surface area contributed by atoms with E-state index < -0.39 is 0 Å². The molecule has 0 fully saturated rings. The molecular formula is C16H17BrN6O. The Morgan fingerprint density at radius 2 is 2.08 bits per heavy atom. The number of hydrogen-bond donors (Lipinski definition) is 0. The summed E-state index contributed by atoms with van der Waals surface area (Å²) in [6, 6.07) is 5.70. The summed E-state index contributed by atoms with van der Waals surface area (Å²) in [5, 5.41) is 8.32. The van der Waals surface area contributed by atoms with E-state index in [2.05, 4.69) is 41.2 Å². The van der Waals surface area contributed by atoms with Crippen molar-refractivity contribution in [3.8, 4) is 17.3 Å². The van der Waals surface area contributed by atoms with E-state index in [1.54, 1.807) is 4.68 Å². The first-order valence-corrected chi connectivity index (χ1v) is 8.33. The highest BCUT2D eigenvalue weighted by Crippen LogP contribution is 2.23. The summed E-state index contributed by atoms with van der Waals surface area (Å²) >= 11 is 3.46. The summed E-state index contributed by atoms with van der Waals surface area (Å²) in [6.07, 6.45) is 2.34. The molecule has 3 heterocycles. The fourth-order valence-electron chi connectivity index (χ4n) is 2.21. The molecule has 0 radical (unpaired) electrons. The Hall–Kier alpha value is -2.35. The van der Waals surface area contributed by atoms with E-state index in [-0.39, 0.29) is 0 Å². The average molecular weight is 389 g/mol. The largest absolute Gasteiger partial charge is 0.471 e. The molecular weight excluding hydrogens is 372 g/mol. The molecule has 24 heavy (non-hydrogen) atoms. The van der Waals surface area contributed by atoms with Gasteiger partial charge in [0.05, 0.1) is 11.4 Å². The van der Waals surface area contributed by atoms with Gasteiger partial charge < -0.3 is 4.74 Å². The third-order valence-electron chi connectivity index (χ3n) is 3.62. The van der Waals surface area contributed by atoms with Crippen molar-refractivity contribution in [3.63, 3.8) is 0 Å². The molecule has 0 saturated heterocycles. The van der Waals surface area contributed by atoms with Gasteiger partial charge in [0.15, 0.2) is 0 Å². The Morgan fingerprint density at radius 3 is 2.83 bits per heavy atom. The van der Waals surface area contributed by atoms with Crippen LogP contribution in [0.1, 0.15) is 24.0 Å². The lowest BCUT2D eigenvalue weighted by Gasteiger charge is -2.08. The lowest BCUT2D eigenvalue weighted by atomic mass is 10.2. The zero-order chi connectivity index (χ0) is 17.1. The zero-order valence-electron chi connectivity index (χ0n) is 13.7. The second-order valence-electron chi connectivity index (χ2n) is 5.26. The van der Waals surface area contributed by atoms with E-state index in [9.17, 15) is 0 Å². The number of nitrogens with zero attached hydrogens (tertiary/aromatic N) is 6. The van der Waals surface area contributed by atoms with Crippen molar-refractivity contribution in [1.29, 1.82) is 0 Å². The lowest BCUT2D eigenvalue weighted by molar-refractivity contribution is 0.282. The van der Waals surface area contributed by atoms with Crippen molar-refractivity contribution in [3.05, 3.63) is 46.1 Å². The second kappa shape index (κ2) is 7.04. The zero-order valence-corrected chi connectivity index (χ0v) is 15.3. The molecule has 0 aliphatic heterocycles. The number of rotatable bonds is 5. The summed E-state index contributed by atoms with van der Waals surface area (Å²) in [4.78, 5) is 12.9. The van der Waals surface area contributed by atoms with Crippen LogP contribution in [0.15, 0.2) is 29.0 Å². The molecule has 0 N–H and O–H groups in total. The van der Waals surface area contributed by atoms with Gasteiger partial charge in [-0.3, -0.25) is 4.98 Å². The Balaban J connectivity index is 1.86. The average Bonchev–Trinajstić information content (AvgIpc) is 2.96. The van der Waals surface area contributed by atoms with Crippen molar-refractivity contribution in [2.45, 2.75) is 26.9 Å². The quantitative estimate of drug-likeness (QED) is 0.668. The minimum Gasteiger partial charge on any atom is -0.471 e. The van der Waals surface area contributed by atoms with Gasteiger partial charge in [-0.2, -0.15) is 0 Å². The van der Waals surface area contributed by atoms with Crippen LogP contribution in [0.2, 0.25) is 0 Å². The molecule has 0 atom stereocenters. The predicted molar refractivity (Wildman–Crippen MR) is 92.4 cm³/mol. The molecule has 124 valence electrons. The van der Waals surface area contributed by atoms with E-state index in [1.165, 1.54) is 6.33 Å². The van der Waals surface area contributed by atoms with Crippen molar-refractivity contribution in [2.75, 3.05) is 0 Å². The summed E-state index contributed by atoms with van der Waals surface area (Å²) in [5.74, 6) is 0.536. The van der Waals surface area contributed by atoms with Crippen LogP contribution < -0.4 is 4.74 Å². The highest BCUT2D eigenvalue weighted by Gasteiger charge is 2.16. The topological polar surface area (TPSA) is 78.6 Å². The molecule has 8 heteroatoms. The van der Waals surface area contributed by atoms with Crippen LogP contribution in [-0.2, 0) is 20.1 Å². The van der Waals surface area contributed by atoms with Crippen LogP contribution in [0.3, 0.4) is 0 Å². The van der Waals surface area contributed by atoms with Crippen LogP contribution in [-0.4, -0.2) is 29.9 Å². The number of hydrogen-bond acceptors (Lipinski definition) is 6. The maximum absolute atomic E-state index is 5.80. The Labute approximate surface area is 148 Å². The molecule has 3 rings (SSSR count). The summed E-state index contributed by atoms with van der Waals surface area (Å²) in [6.45, 7) is 4.28. The normalized spacial score (nSPS) is 10.8. The highest BCUT2D eigenvalue weighted by atomic mass is 79.9. The van der Waals surface area contributed by atoms with E-state index in [1.807, 2.05) is 39.1 Å². The first kappa shape index (κ1) is 16.5. The lowest BCUT2D eigenvalue weighted by Crippen LogP contribution is -2.06. The molecule has 0 saturated carbocycles. The van der Waals surface area contributed by atoms with Gasteiger partial charge >= 0.3 is 0 Å². The molecule has 0 amide bonds. The van der Waals surface area contributed by atoms with Gasteiger partial charge in [0, 0.05) is 23.3 Å². The maximum atomic E-state index is 5.80. The van der Waals surface area contributed by atoms with E-state index in [0.29, 0.717) is 18.2 Å². The van der Waals surface area contributed by atoms with Gasteiger partial charge in [-0.15, -0.1) is 5.10 Å². The Kier molecular flexibility index (Phi) is 4.84. The molecule has 3 aromatic heterocycles. The summed E-state index contributed by atoms with van der Waals surface area (Å²) in [7, 11) is 1.83. The van der Waals surface area contributed by atoms with Crippen molar-refractivity contribution in [1.82, 2.24) is 29.9 Å². The number of halogens is 1. The Morgan fingerprint density at radius 1 is 1.25 bits per heavy atom. The molecule has 0 spiro atoms. The summed E-state index contributed by atoms with van der Waals surface area (Å²) in [5.41, 5.74) is 4.14. The minimum atomic E-state index is 0.301. The smallest absolute Gasteiger partial charge is 0.216 e. The Bertz CT molecular complexity index is 864. The molecule has 0 aliphatic carbocycles. The fraction of sp³-hybridized carbons (Fsp3) is 0.312. The van der Waals surface area contributed by atoms with E-state index in [4.69, 9.17) is 4.74 Å². The van der Waals surface area contributed by atoms with Gasteiger partial charge in [-0.1, -0.05) is 12.1 Å². The first-order chi connectivity index (χ1) is 11.6. The maximum Gasteiger partial charge on any atom is 0.216 e. The van der Waals surface area contributed by atoms with E-state index >= 15 is 0 Å². The van der Waals surface area contributed by atoms with Crippen LogP contribution in [0.5, 0.6) is 5.88 Å². The predicted octanol–water partition coefficient (Wildman–Crippen LogP) is 2.88. The first-order valence-electron chi connectivity index (χ1n) is 7.54. The van der Waals surface area contributed by atoms with Crippen molar-refractivity contribution >= 4 is 15.9 Å². The van der Waals surface area contributed by atoms with Crippen LogP contribution in [0.4, 0.5) is 0 Å². The molecule has 0 unspecified atom stereocenters. The van der Waals surface area contributed by atoms with E-state index in [0.717, 1.165) is 33.7 Å². The second-order valence-corrected chi connectivity index (χ2v) is 6.12. The highest BCUT2D eigenvalue weighted by molar-refractivity contribution is 9.10. The van der Waals surface area contributed by atoms with Gasteiger partial charge in [0.2, 0.25) is 5.88 Å². The van der Waals surface area contributed by atoms with Crippen LogP contribution in [0, 0.1) is 6.92 Å². The molecule has 3 aromatic rings. The number of pyridine rings is 1. The fourth-order valence-corrected chi connectivity index (χ4v) is 2.43. The minimum absolute atomic E-state index is 0.301. The van der Waals surface area contributed by atoms with Gasteiger partial charge in [0.25, 0.3) is 0 Å². The molecule has 7 nitrogen and oxygen atoms in total. The van der Waals surface area contributed by atoms with Crippen LogP contribution >= 0.6 is 15.9 Å². The monoisotopic (exact) mass is 388 g/mol. The third kappa shape index (κ3) is 3.43. The van der Waals surface area contributed by atoms with Gasteiger partial charge in [-0.25, -0.2) is 14.6 Å². The summed E-state index contributed by atoms with van der Waals surface area (Å²) < 4.78 is 8.45. The number of ether oxygens (including phenoxy) is 1. The van der Waals surface area contributed by atoms with Crippen molar-refractivity contribution in [2.24, 2.45) is 7.05 Å². The van der Waals surface area contributed by atoms with Gasteiger partial charge in [0.1, 0.15) is 24.3 Å². The SMILES string of the molecule is CCc1cc(OCc2c(-c3ccc(Br)c(C)n3)nnn2C)ncn1. The molecule has 0 aromatic carbocycles. The molecule has 0 bridgehead atoms. The third-order valence-corrected chi connectivity index (χ3v) is 4.46. The van der Waals surface area contributed by atoms with Gasteiger partial charge in [-0.05, 0) is 41.4 Å². The standard InChI is InChI=1S/C16H17BrN6O/c1-4-11-7-15(19-9-18-11)24-8-14-16(21-22-23(14)3)13-6-5-12(17)10(2)20-13/h5-7,9H,4,8H2,1-3H3. The number of aromatic nitrogens is 6. The molecule has 0 aliphatic rings. The van der Waals surface area contributed by atoms with Crippen LogP contribution in [0.25, 0.3) is 11.4 Å². The number of aryl methyl sites for hydroxylation is 3.